The van der Waals surface area contributed by atoms with Crippen molar-refractivity contribution in [2.45, 2.75) is 59.0 Å². The van der Waals surface area contributed by atoms with E-state index in [-0.39, 0.29) is 18.0 Å². The third-order valence-electron chi connectivity index (χ3n) is 3.44. The summed E-state index contributed by atoms with van der Waals surface area (Å²) in [6, 6.07) is 7.71. The number of nitrogens with one attached hydrogen (secondary N) is 2. The van der Waals surface area contributed by atoms with E-state index >= 15 is 0 Å². The molecular weight excluding hydrogens is 264 g/mol. The summed E-state index contributed by atoms with van der Waals surface area (Å²) >= 11 is 0. The minimum Gasteiger partial charge on any atom is -0.494 e. The Morgan fingerprint density at radius 3 is 2.29 bits per heavy atom. The van der Waals surface area contributed by atoms with Gasteiger partial charge in [0, 0.05) is 11.7 Å². The van der Waals surface area contributed by atoms with E-state index in [1.165, 1.54) is 0 Å². The van der Waals surface area contributed by atoms with Gasteiger partial charge in [0.2, 0.25) is 5.91 Å². The Morgan fingerprint density at radius 1 is 1.14 bits per heavy atom. The molecule has 0 aromatic heterocycles. The van der Waals surface area contributed by atoms with Crippen LogP contribution in [-0.2, 0) is 4.79 Å². The maximum atomic E-state index is 12.1. The van der Waals surface area contributed by atoms with E-state index in [2.05, 4.69) is 31.4 Å². The van der Waals surface area contributed by atoms with Gasteiger partial charge in [-0.05, 0) is 50.5 Å². The van der Waals surface area contributed by atoms with Crippen molar-refractivity contribution in [2.24, 2.45) is 0 Å². The zero-order valence-corrected chi connectivity index (χ0v) is 13.6. The third-order valence-corrected chi connectivity index (χ3v) is 3.44. The number of rotatable bonds is 9. The van der Waals surface area contributed by atoms with Crippen LogP contribution in [0, 0.1) is 0 Å². The average molecular weight is 292 g/mol. The topological polar surface area (TPSA) is 50.4 Å². The van der Waals surface area contributed by atoms with E-state index in [0.29, 0.717) is 0 Å². The van der Waals surface area contributed by atoms with Crippen LogP contribution in [0.15, 0.2) is 24.3 Å². The zero-order chi connectivity index (χ0) is 15.7. The first kappa shape index (κ1) is 17.3. The Morgan fingerprint density at radius 2 is 1.76 bits per heavy atom. The second kappa shape index (κ2) is 9.27. The normalized spacial score (nSPS) is 12.0. The second-order valence-electron chi connectivity index (χ2n) is 5.26. The highest BCUT2D eigenvalue weighted by Gasteiger charge is 2.15. The van der Waals surface area contributed by atoms with Gasteiger partial charge >= 0.3 is 0 Å². The first-order valence-electron chi connectivity index (χ1n) is 7.90. The van der Waals surface area contributed by atoms with Gasteiger partial charge in [-0.2, -0.15) is 0 Å². The molecule has 0 bridgehead atoms. The first-order valence-corrected chi connectivity index (χ1v) is 7.90. The summed E-state index contributed by atoms with van der Waals surface area (Å²) in [4.78, 5) is 12.1. The zero-order valence-electron chi connectivity index (χ0n) is 13.6. The Hall–Kier alpha value is -1.71. The molecule has 0 saturated heterocycles. The van der Waals surface area contributed by atoms with Crippen molar-refractivity contribution >= 4 is 11.6 Å². The van der Waals surface area contributed by atoms with Gasteiger partial charge in [0.1, 0.15) is 11.8 Å². The van der Waals surface area contributed by atoms with Crippen LogP contribution in [0.3, 0.4) is 0 Å². The Kier molecular flexibility index (Phi) is 7.65. The molecule has 1 atom stereocenters. The summed E-state index contributed by atoms with van der Waals surface area (Å²) in [5, 5.41) is 6.26. The highest BCUT2D eigenvalue weighted by atomic mass is 16.5. The SMILES string of the molecule is CCCOc1ccc(NC(C)C(=O)NC(CC)CC)cc1. The lowest BCUT2D eigenvalue weighted by Crippen LogP contribution is -2.42. The molecule has 118 valence electrons. The van der Waals surface area contributed by atoms with Crippen LogP contribution >= 0.6 is 0 Å². The van der Waals surface area contributed by atoms with Crippen molar-refractivity contribution < 1.29 is 9.53 Å². The number of hydrogen-bond donors (Lipinski definition) is 2. The molecule has 1 amide bonds. The van der Waals surface area contributed by atoms with Crippen LogP contribution in [0.25, 0.3) is 0 Å². The maximum absolute atomic E-state index is 12.1. The van der Waals surface area contributed by atoms with E-state index in [9.17, 15) is 4.79 Å². The number of ether oxygens (including phenoxy) is 1. The molecule has 0 saturated carbocycles. The summed E-state index contributed by atoms with van der Waals surface area (Å²) in [5.74, 6) is 0.895. The summed E-state index contributed by atoms with van der Waals surface area (Å²) < 4.78 is 5.54. The predicted octanol–water partition coefficient (Wildman–Crippen LogP) is 3.58. The molecule has 4 nitrogen and oxygen atoms in total. The predicted molar refractivity (Wildman–Crippen MR) is 87.8 cm³/mol. The van der Waals surface area contributed by atoms with Gasteiger partial charge < -0.3 is 15.4 Å². The molecular formula is C17H28N2O2. The standard InChI is InChI=1S/C17H28N2O2/c1-5-12-21-16-10-8-15(9-11-16)18-13(4)17(20)19-14(6-2)7-3/h8-11,13-14,18H,5-7,12H2,1-4H3,(H,19,20). The second-order valence-corrected chi connectivity index (χ2v) is 5.26. The Balaban J connectivity index is 2.50. The fourth-order valence-corrected chi connectivity index (χ4v) is 2.00. The quantitative estimate of drug-likeness (QED) is 0.731. The molecule has 2 N–H and O–H groups in total. The smallest absolute Gasteiger partial charge is 0.242 e. The van der Waals surface area contributed by atoms with Gasteiger partial charge in [-0.25, -0.2) is 0 Å². The monoisotopic (exact) mass is 292 g/mol. The fourth-order valence-electron chi connectivity index (χ4n) is 2.00. The number of anilines is 1. The molecule has 4 heteroatoms. The van der Waals surface area contributed by atoms with Crippen molar-refractivity contribution in [1.29, 1.82) is 0 Å². The van der Waals surface area contributed by atoms with Crippen LogP contribution in [0.2, 0.25) is 0 Å². The minimum atomic E-state index is -0.256. The lowest BCUT2D eigenvalue weighted by Gasteiger charge is -2.20. The van der Waals surface area contributed by atoms with Crippen molar-refractivity contribution in [3.8, 4) is 5.75 Å². The van der Waals surface area contributed by atoms with Gasteiger partial charge in [0.25, 0.3) is 0 Å². The van der Waals surface area contributed by atoms with Crippen molar-refractivity contribution in [2.75, 3.05) is 11.9 Å². The molecule has 0 spiro atoms. The van der Waals surface area contributed by atoms with Crippen molar-refractivity contribution in [3.05, 3.63) is 24.3 Å². The molecule has 1 aromatic carbocycles. The highest BCUT2D eigenvalue weighted by molar-refractivity contribution is 5.84. The number of carbonyl (C=O) groups excluding carboxylic acids is 1. The molecule has 1 aromatic rings. The van der Waals surface area contributed by atoms with Crippen LogP contribution in [0.4, 0.5) is 5.69 Å². The minimum absolute atomic E-state index is 0.0370. The number of amides is 1. The number of benzene rings is 1. The van der Waals surface area contributed by atoms with Crippen molar-refractivity contribution in [1.82, 2.24) is 5.32 Å². The largest absolute Gasteiger partial charge is 0.494 e. The van der Waals surface area contributed by atoms with Gasteiger partial charge in [-0.3, -0.25) is 4.79 Å². The van der Waals surface area contributed by atoms with E-state index in [1.54, 1.807) is 0 Å². The van der Waals surface area contributed by atoms with Gasteiger partial charge in [-0.1, -0.05) is 20.8 Å². The molecule has 0 aliphatic heterocycles. The van der Waals surface area contributed by atoms with Crippen LogP contribution in [0.5, 0.6) is 5.75 Å². The number of hydrogen-bond acceptors (Lipinski definition) is 3. The molecule has 0 aliphatic rings. The number of carbonyl (C=O) groups is 1. The average Bonchev–Trinajstić information content (AvgIpc) is 2.51. The molecule has 0 fully saturated rings. The van der Waals surface area contributed by atoms with E-state index in [1.807, 2.05) is 31.2 Å². The lowest BCUT2D eigenvalue weighted by atomic mass is 10.1. The molecule has 0 heterocycles. The molecule has 21 heavy (non-hydrogen) atoms. The Labute approximate surface area is 128 Å². The lowest BCUT2D eigenvalue weighted by molar-refractivity contribution is -0.122. The van der Waals surface area contributed by atoms with E-state index in [4.69, 9.17) is 4.74 Å². The molecule has 0 aliphatic carbocycles. The highest BCUT2D eigenvalue weighted by Crippen LogP contribution is 2.16. The van der Waals surface area contributed by atoms with Crippen LogP contribution < -0.4 is 15.4 Å². The summed E-state index contributed by atoms with van der Waals surface area (Å²) in [5.41, 5.74) is 0.922. The van der Waals surface area contributed by atoms with E-state index in [0.717, 1.165) is 37.3 Å². The first-order chi connectivity index (χ1) is 10.1. The third kappa shape index (κ3) is 6.06. The molecule has 1 unspecified atom stereocenters. The summed E-state index contributed by atoms with van der Waals surface area (Å²) in [6.07, 6.45) is 2.91. The van der Waals surface area contributed by atoms with Crippen LogP contribution in [0.1, 0.15) is 47.0 Å². The van der Waals surface area contributed by atoms with Gasteiger partial charge in [-0.15, -0.1) is 0 Å². The van der Waals surface area contributed by atoms with Crippen molar-refractivity contribution in [3.63, 3.8) is 0 Å². The maximum Gasteiger partial charge on any atom is 0.242 e. The fraction of sp³-hybridized carbons (Fsp3) is 0.588. The van der Waals surface area contributed by atoms with Gasteiger partial charge in [0.05, 0.1) is 6.61 Å². The van der Waals surface area contributed by atoms with E-state index < -0.39 is 0 Å². The van der Waals surface area contributed by atoms with Gasteiger partial charge in [0.15, 0.2) is 0 Å². The Bertz CT molecular complexity index is 413. The molecule has 1 rings (SSSR count). The summed E-state index contributed by atoms with van der Waals surface area (Å²) in [7, 11) is 0. The summed E-state index contributed by atoms with van der Waals surface area (Å²) in [6.45, 7) is 8.85. The molecule has 0 radical (unpaired) electrons. The van der Waals surface area contributed by atoms with Crippen LogP contribution in [-0.4, -0.2) is 24.6 Å².